The third kappa shape index (κ3) is 3.43. The SMILES string of the molecule is COCCN1CCC=C(C(C)(C)C)C1. The summed E-state index contributed by atoms with van der Waals surface area (Å²) in [5.41, 5.74) is 1.89. The minimum atomic E-state index is 0.325. The Morgan fingerprint density at radius 2 is 2.14 bits per heavy atom. The van der Waals surface area contributed by atoms with Crippen LogP contribution in [-0.2, 0) is 4.74 Å². The molecule has 0 amide bonds. The zero-order valence-corrected chi connectivity index (χ0v) is 9.97. The molecule has 0 N–H and O–H groups in total. The maximum Gasteiger partial charge on any atom is 0.0589 e. The van der Waals surface area contributed by atoms with Gasteiger partial charge in [0.15, 0.2) is 0 Å². The molecule has 2 nitrogen and oxygen atoms in total. The van der Waals surface area contributed by atoms with E-state index in [1.165, 1.54) is 13.0 Å². The molecule has 1 rings (SSSR count). The Kier molecular flexibility index (Phi) is 4.14. The number of rotatable bonds is 3. The predicted molar refractivity (Wildman–Crippen MR) is 60.5 cm³/mol. The van der Waals surface area contributed by atoms with Crippen LogP contribution in [0.2, 0.25) is 0 Å². The Morgan fingerprint density at radius 3 is 2.71 bits per heavy atom. The molecule has 0 atom stereocenters. The van der Waals surface area contributed by atoms with Gasteiger partial charge in [-0.05, 0) is 11.8 Å². The van der Waals surface area contributed by atoms with Gasteiger partial charge in [0, 0.05) is 26.7 Å². The second-order valence-electron chi connectivity index (χ2n) is 5.04. The smallest absolute Gasteiger partial charge is 0.0589 e. The molecule has 0 fully saturated rings. The van der Waals surface area contributed by atoms with Crippen LogP contribution in [0, 0.1) is 5.41 Å². The predicted octanol–water partition coefficient (Wildman–Crippen LogP) is 2.31. The van der Waals surface area contributed by atoms with Crippen molar-refractivity contribution in [1.29, 1.82) is 0 Å². The summed E-state index contributed by atoms with van der Waals surface area (Å²) in [6, 6.07) is 0. The Balaban J connectivity index is 2.46. The number of ether oxygens (including phenoxy) is 1. The highest BCUT2D eigenvalue weighted by molar-refractivity contribution is 5.15. The fourth-order valence-corrected chi connectivity index (χ4v) is 1.76. The molecule has 1 aliphatic rings. The topological polar surface area (TPSA) is 12.5 Å². The Labute approximate surface area is 87.9 Å². The first-order valence-electron chi connectivity index (χ1n) is 5.45. The molecular weight excluding hydrogens is 174 g/mol. The van der Waals surface area contributed by atoms with Crippen LogP contribution in [0.15, 0.2) is 11.6 Å². The highest BCUT2D eigenvalue weighted by atomic mass is 16.5. The minimum absolute atomic E-state index is 0.325. The van der Waals surface area contributed by atoms with Crippen molar-refractivity contribution in [3.8, 4) is 0 Å². The molecule has 2 heteroatoms. The lowest BCUT2D eigenvalue weighted by Crippen LogP contribution is -2.35. The Morgan fingerprint density at radius 1 is 1.43 bits per heavy atom. The highest BCUT2D eigenvalue weighted by Gasteiger charge is 2.21. The van der Waals surface area contributed by atoms with Crippen molar-refractivity contribution in [1.82, 2.24) is 4.90 Å². The van der Waals surface area contributed by atoms with E-state index in [9.17, 15) is 0 Å². The first kappa shape index (κ1) is 11.7. The minimum Gasteiger partial charge on any atom is -0.383 e. The van der Waals surface area contributed by atoms with E-state index in [0.29, 0.717) is 5.41 Å². The third-order valence-electron chi connectivity index (χ3n) is 2.80. The molecule has 0 saturated heterocycles. The average Bonchev–Trinajstić information content (AvgIpc) is 2.14. The van der Waals surface area contributed by atoms with Crippen molar-refractivity contribution in [2.45, 2.75) is 27.2 Å². The van der Waals surface area contributed by atoms with Gasteiger partial charge in [0.1, 0.15) is 0 Å². The van der Waals surface area contributed by atoms with Crippen LogP contribution in [0.3, 0.4) is 0 Å². The van der Waals surface area contributed by atoms with E-state index in [1.807, 2.05) is 0 Å². The Hall–Kier alpha value is -0.340. The number of hydrogen-bond donors (Lipinski definition) is 0. The first-order chi connectivity index (χ1) is 6.54. The van der Waals surface area contributed by atoms with Crippen LogP contribution < -0.4 is 0 Å². The third-order valence-corrected chi connectivity index (χ3v) is 2.80. The molecular formula is C12H23NO. The van der Waals surface area contributed by atoms with Crippen LogP contribution in [-0.4, -0.2) is 38.3 Å². The summed E-state index contributed by atoms with van der Waals surface area (Å²) in [5.74, 6) is 0. The highest BCUT2D eigenvalue weighted by Crippen LogP contribution is 2.28. The van der Waals surface area contributed by atoms with Gasteiger partial charge in [0.2, 0.25) is 0 Å². The molecule has 82 valence electrons. The molecule has 1 aliphatic heterocycles. The molecule has 0 aromatic rings. The van der Waals surface area contributed by atoms with E-state index >= 15 is 0 Å². The van der Waals surface area contributed by atoms with Gasteiger partial charge in [-0.3, -0.25) is 4.90 Å². The van der Waals surface area contributed by atoms with E-state index in [2.05, 4.69) is 31.7 Å². The maximum atomic E-state index is 5.10. The maximum absolute atomic E-state index is 5.10. The van der Waals surface area contributed by atoms with Gasteiger partial charge >= 0.3 is 0 Å². The van der Waals surface area contributed by atoms with Crippen molar-refractivity contribution in [3.05, 3.63) is 11.6 Å². The Bertz CT molecular complexity index is 203. The van der Waals surface area contributed by atoms with Crippen molar-refractivity contribution < 1.29 is 4.74 Å². The molecule has 0 aromatic heterocycles. The number of methoxy groups -OCH3 is 1. The molecule has 0 aliphatic carbocycles. The van der Waals surface area contributed by atoms with E-state index in [4.69, 9.17) is 4.74 Å². The van der Waals surface area contributed by atoms with Crippen molar-refractivity contribution in [2.75, 3.05) is 33.4 Å². The van der Waals surface area contributed by atoms with Crippen molar-refractivity contribution in [2.24, 2.45) is 5.41 Å². The molecule has 14 heavy (non-hydrogen) atoms. The zero-order chi connectivity index (χ0) is 10.6. The van der Waals surface area contributed by atoms with Crippen LogP contribution >= 0.6 is 0 Å². The van der Waals surface area contributed by atoms with Crippen LogP contribution in [0.1, 0.15) is 27.2 Å². The van der Waals surface area contributed by atoms with Crippen molar-refractivity contribution >= 4 is 0 Å². The summed E-state index contributed by atoms with van der Waals surface area (Å²) in [6.07, 6.45) is 3.60. The fourth-order valence-electron chi connectivity index (χ4n) is 1.76. The molecule has 1 heterocycles. The van der Waals surface area contributed by atoms with Crippen LogP contribution in [0.5, 0.6) is 0 Å². The van der Waals surface area contributed by atoms with E-state index < -0.39 is 0 Å². The normalized spacial score (nSPS) is 19.6. The number of nitrogens with zero attached hydrogens (tertiary/aromatic N) is 1. The summed E-state index contributed by atoms with van der Waals surface area (Å²) < 4.78 is 5.10. The van der Waals surface area contributed by atoms with Gasteiger partial charge in [-0.15, -0.1) is 0 Å². The standard InChI is InChI=1S/C12H23NO/c1-12(2,3)11-6-5-7-13(10-11)8-9-14-4/h6H,5,7-10H2,1-4H3. The first-order valence-corrected chi connectivity index (χ1v) is 5.45. The second kappa shape index (κ2) is 4.94. The lowest BCUT2D eigenvalue weighted by atomic mass is 9.84. The van der Waals surface area contributed by atoms with Crippen LogP contribution in [0.4, 0.5) is 0 Å². The van der Waals surface area contributed by atoms with Gasteiger partial charge in [-0.2, -0.15) is 0 Å². The lowest BCUT2D eigenvalue weighted by molar-refractivity contribution is 0.147. The van der Waals surface area contributed by atoms with Gasteiger partial charge in [0.25, 0.3) is 0 Å². The van der Waals surface area contributed by atoms with Crippen molar-refractivity contribution in [3.63, 3.8) is 0 Å². The molecule has 0 spiro atoms. The number of hydrogen-bond acceptors (Lipinski definition) is 2. The largest absolute Gasteiger partial charge is 0.383 e. The summed E-state index contributed by atoms with van der Waals surface area (Å²) in [4.78, 5) is 2.48. The zero-order valence-electron chi connectivity index (χ0n) is 9.97. The fraction of sp³-hybridized carbons (Fsp3) is 0.833. The summed E-state index contributed by atoms with van der Waals surface area (Å²) >= 11 is 0. The van der Waals surface area contributed by atoms with Gasteiger partial charge in [-0.1, -0.05) is 32.4 Å². The van der Waals surface area contributed by atoms with Gasteiger partial charge in [0.05, 0.1) is 6.61 Å². The molecule has 0 radical (unpaired) electrons. The van der Waals surface area contributed by atoms with Gasteiger partial charge in [-0.25, -0.2) is 0 Å². The van der Waals surface area contributed by atoms with Gasteiger partial charge < -0.3 is 4.74 Å². The van der Waals surface area contributed by atoms with E-state index in [1.54, 1.807) is 12.7 Å². The van der Waals surface area contributed by atoms with Crippen LogP contribution in [0.25, 0.3) is 0 Å². The average molecular weight is 197 g/mol. The summed E-state index contributed by atoms with van der Waals surface area (Å²) in [7, 11) is 1.77. The second-order valence-corrected chi connectivity index (χ2v) is 5.04. The molecule has 0 bridgehead atoms. The molecule has 0 unspecified atom stereocenters. The van der Waals surface area contributed by atoms with E-state index in [0.717, 1.165) is 19.7 Å². The monoisotopic (exact) mass is 197 g/mol. The summed E-state index contributed by atoms with van der Waals surface area (Å²) in [5, 5.41) is 0. The van der Waals surface area contributed by atoms with E-state index in [-0.39, 0.29) is 0 Å². The molecule has 0 saturated carbocycles. The quantitative estimate of drug-likeness (QED) is 0.644. The lowest BCUT2D eigenvalue weighted by Gasteiger charge is -2.33. The summed E-state index contributed by atoms with van der Waals surface area (Å²) in [6.45, 7) is 11.1. The molecule has 0 aromatic carbocycles.